The van der Waals surface area contributed by atoms with Crippen LogP contribution in [0.4, 0.5) is 5.69 Å². The maximum Gasteiger partial charge on any atom is 0.211 e. The average molecular weight is 368 g/mol. The van der Waals surface area contributed by atoms with Crippen LogP contribution < -0.4 is 10.6 Å². The summed E-state index contributed by atoms with van der Waals surface area (Å²) >= 11 is 0. The molecule has 1 aliphatic rings. The van der Waals surface area contributed by atoms with Crippen LogP contribution in [0.15, 0.2) is 30.3 Å². The van der Waals surface area contributed by atoms with Crippen molar-refractivity contribution in [2.45, 2.75) is 51.7 Å². The Labute approximate surface area is 160 Å². The third-order valence-electron chi connectivity index (χ3n) is 5.44. The monoisotopic (exact) mass is 368 g/mol. The molecular weight excluding hydrogens is 340 g/mol. The van der Waals surface area contributed by atoms with Gasteiger partial charge in [-0.2, -0.15) is 0 Å². The maximum absolute atomic E-state index is 10.6. The van der Waals surface area contributed by atoms with Gasteiger partial charge in [0.2, 0.25) is 6.41 Å². The van der Waals surface area contributed by atoms with Crippen molar-refractivity contribution in [2.24, 2.45) is 0 Å². The van der Waals surface area contributed by atoms with Crippen LogP contribution in [0.1, 0.15) is 47.8 Å². The molecule has 0 aliphatic heterocycles. The van der Waals surface area contributed by atoms with Crippen molar-refractivity contribution in [3.8, 4) is 5.75 Å². The van der Waals surface area contributed by atoms with Crippen LogP contribution in [0, 0.1) is 0 Å². The normalized spacial score (nSPS) is 14.8. The van der Waals surface area contributed by atoms with Crippen molar-refractivity contribution < 1.29 is 15.0 Å². The van der Waals surface area contributed by atoms with Crippen LogP contribution in [0.3, 0.4) is 0 Å². The summed E-state index contributed by atoms with van der Waals surface area (Å²) in [5.41, 5.74) is 6.67. The molecule has 1 atom stereocenters. The van der Waals surface area contributed by atoms with E-state index in [2.05, 4.69) is 36.6 Å². The lowest BCUT2D eigenvalue weighted by Gasteiger charge is -2.17. The third-order valence-corrected chi connectivity index (χ3v) is 5.44. The molecule has 144 valence electrons. The fraction of sp³-hybridized carbons (Fsp3) is 0.409. The van der Waals surface area contributed by atoms with Crippen LogP contribution in [0.2, 0.25) is 0 Å². The van der Waals surface area contributed by atoms with Crippen molar-refractivity contribution in [3.05, 3.63) is 58.1 Å². The SMILES string of the molecule is CCc1cc2c(cc1CC)CC(NC[C@H](O)c1ccc(O)c(NC=O)c1)C2. The number of hydrogen-bond acceptors (Lipinski definition) is 4. The summed E-state index contributed by atoms with van der Waals surface area (Å²) in [7, 11) is 0. The second-order valence-corrected chi connectivity index (χ2v) is 7.16. The lowest BCUT2D eigenvalue weighted by atomic mass is 9.97. The Morgan fingerprint density at radius 3 is 2.30 bits per heavy atom. The predicted octanol–water partition coefficient (Wildman–Crippen LogP) is 2.88. The van der Waals surface area contributed by atoms with Gasteiger partial charge in [0.25, 0.3) is 0 Å². The van der Waals surface area contributed by atoms with Gasteiger partial charge < -0.3 is 20.8 Å². The summed E-state index contributed by atoms with van der Waals surface area (Å²) in [6, 6.07) is 9.76. The van der Waals surface area contributed by atoms with Gasteiger partial charge in [-0.05, 0) is 65.6 Å². The van der Waals surface area contributed by atoms with E-state index in [4.69, 9.17) is 0 Å². The van der Waals surface area contributed by atoms with Gasteiger partial charge in [-0.25, -0.2) is 0 Å². The molecule has 3 rings (SSSR count). The molecule has 5 heteroatoms. The number of aromatic hydroxyl groups is 1. The van der Waals surface area contributed by atoms with E-state index in [0.29, 0.717) is 30.2 Å². The number of rotatable bonds is 8. The van der Waals surface area contributed by atoms with Crippen LogP contribution >= 0.6 is 0 Å². The zero-order valence-electron chi connectivity index (χ0n) is 16.0. The molecular formula is C22H28N2O3. The number of aliphatic hydroxyl groups excluding tert-OH is 1. The number of fused-ring (bicyclic) bond motifs is 1. The number of nitrogens with one attached hydrogen (secondary N) is 2. The zero-order valence-corrected chi connectivity index (χ0v) is 16.0. The highest BCUT2D eigenvalue weighted by Crippen LogP contribution is 2.29. The molecule has 0 radical (unpaired) electrons. The van der Waals surface area contributed by atoms with E-state index >= 15 is 0 Å². The molecule has 2 aromatic rings. The Hall–Kier alpha value is -2.37. The first kappa shape index (κ1) is 19.4. The van der Waals surface area contributed by atoms with E-state index in [1.165, 1.54) is 28.3 Å². The second-order valence-electron chi connectivity index (χ2n) is 7.16. The third kappa shape index (κ3) is 4.31. The Balaban J connectivity index is 1.62. The number of aryl methyl sites for hydroxylation is 2. The van der Waals surface area contributed by atoms with Gasteiger partial charge in [-0.1, -0.05) is 32.0 Å². The maximum atomic E-state index is 10.6. The molecule has 4 N–H and O–H groups in total. The molecule has 0 unspecified atom stereocenters. The summed E-state index contributed by atoms with van der Waals surface area (Å²) in [5, 5.41) is 26.1. The highest BCUT2D eigenvalue weighted by Gasteiger charge is 2.23. The van der Waals surface area contributed by atoms with Crippen molar-refractivity contribution in [2.75, 3.05) is 11.9 Å². The van der Waals surface area contributed by atoms with Crippen LogP contribution in [-0.2, 0) is 30.5 Å². The Kier molecular flexibility index (Phi) is 6.14. The van der Waals surface area contributed by atoms with Gasteiger partial charge in [0, 0.05) is 12.6 Å². The van der Waals surface area contributed by atoms with Gasteiger partial charge >= 0.3 is 0 Å². The zero-order chi connectivity index (χ0) is 19.4. The van der Waals surface area contributed by atoms with Gasteiger partial charge in [-0.15, -0.1) is 0 Å². The van der Waals surface area contributed by atoms with Crippen LogP contribution in [0.5, 0.6) is 5.75 Å². The van der Waals surface area contributed by atoms with E-state index in [0.717, 1.165) is 25.7 Å². The van der Waals surface area contributed by atoms with Gasteiger partial charge in [0.15, 0.2) is 0 Å². The molecule has 2 aromatic carbocycles. The summed E-state index contributed by atoms with van der Waals surface area (Å²) in [5.74, 6) is -0.0179. The lowest BCUT2D eigenvalue weighted by Crippen LogP contribution is -2.33. The van der Waals surface area contributed by atoms with Crippen molar-refractivity contribution in [3.63, 3.8) is 0 Å². The minimum absolute atomic E-state index is 0.0179. The van der Waals surface area contributed by atoms with E-state index in [1.807, 2.05) is 0 Å². The predicted molar refractivity (Wildman–Crippen MR) is 107 cm³/mol. The average Bonchev–Trinajstić information content (AvgIpc) is 3.08. The second kappa shape index (κ2) is 8.55. The van der Waals surface area contributed by atoms with Crippen LogP contribution in [0.25, 0.3) is 0 Å². The van der Waals surface area contributed by atoms with Crippen molar-refractivity contribution in [1.29, 1.82) is 0 Å². The smallest absolute Gasteiger partial charge is 0.211 e. The lowest BCUT2D eigenvalue weighted by molar-refractivity contribution is -0.105. The fourth-order valence-corrected chi connectivity index (χ4v) is 3.91. The number of anilines is 1. The first-order valence-corrected chi connectivity index (χ1v) is 9.63. The van der Waals surface area contributed by atoms with E-state index in [9.17, 15) is 15.0 Å². The molecule has 1 amide bonds. The minimum atomic E-state index is -0.709. The molecule has 0 aromatic heterocycles. The Bertz CT molecular complexity index is 786. The van der Waals surface area contributed by atoms with E-state index in [1.54, 1.807) is 12.1 Å². The molecule has 0 saturated heterocycles. The van der Waals surface area contributed by atoms with Gasteiger partial charge in [-0.3, -0.25) is 4.79 Å². The Morgan fingerprint density at radius 1 is 1.11 bits per heavy atom. The molecule has 0 heterocycles. The number of hydrogen-bond donors (Lipinski definition) is 4. The highest BCUT2D eigenvalue weighted by atomic mass is 16.3. The van der Waals surface area contributed by atoms with E-state index in [-0.39, 0.29) is 5.75 Å². The van der Waals surface area contributed by atoms with Crippen molar-refractivity contribution >= 4 is 12.1 Å². The fourth-order valence-electron chi connectivity index (χ4n) is 3.91. The standard InChI is InChI=1S/C22H28N2O3/c1-3-14-7-17-9-19(10-18(17)8-15(14)4-2)23-12-22(27)16-5-6-21(26)20(11-16)24-13-25/h5-8,11,13,19,22-23,26-27H,3-4,9-10,12H2,1-2H3,(H,24,25)/t22-/m0/s1. The highest BCUT2D eigenvalue weighted by molar-refractivity contribution is 5.75. The van der Waals surface area contributed by atoms with Gasteiger partial charge in [0.1, 0.15) is 5.75 Å². The van der Waals surface area contributed by atoms with Gasteiger partial charge in [0.05, 0.1) is 11.8 Å². The summed E-state index contributed by atoms with van der Waals surface area (Å²) < 4.78 is 0. The quantitative estimate of drug-likeness (QED) is 0.427. The number of amides is 1. The number of carbonyl (C=O) groups excluding carboxylic acids is 1. The summed E-state index contributed by atoms with van der Waals surface area (Å²) in [6.45, 7) is 4.83. The number of aliphatic hydroxyl groups is 1. The molecule has 27 heavy (non-hydrogen) atoms. The number of carbonyl (C=O) groups is 1. The number of phenolic OH excluding ortho intramolecular Hbond substituents is 1. The largest absolute Gasteiger partial charge is 0.506 e. The van der Waals surface area contributed by atoms with Crippen molar-refractivity contribution in [1.82, 2.24) is 5.32 Å². The summed E-state index contributed by atoms with van der Waals surface area (Å²) in [6.07, 6.45) is 3.88. The minimum Gasteiger partial charge on any atom is -0.506 e. The first-order chi connectivity index (χ1) is 13.0. The molecule has 0 fully saturated rings. The topological polar surface area (TPSA) is 81.6 Å². The molecule has 0 bridgehead atoms. The number of benzene rings is 2. The summed E-state index contributed by atoms with van der Waals surface area (Å²) in [4.78, 5) is 10.6. The first-order valence-electron chi connectivity index (χ1n) is 9.63. The van der Waals surface area contributed by atoms with E-state index < -0.39 is 6.10 Å². The Morgan fingerprint density at radius 2 is 1.74 bits per heavy atom. The van der Waals surface area contributed by atoms with Crippen LogP contribution in [-0.4, -0.2) is 29.2 Å². The number of phenols is 1. The molecule has 0 saturated carbocycles. The molecule has 0 spiro atoms. The molecule has 1 aliphatic carbocycles. The molecule has 5 nitrogen and oxygen atoms in total.